The summed E-state index contributed by atoms with van der Waals surface area (Å²) in [5, 5.41) is 16.4. The highest BCUT2D eigenvalue weighted by molar-refractivity contribution is 6.33. The maximum Gasteiger partial charge on any atom is 0.254 e. The molecule has 9 nitrogen and oxygen atoms in total. The predicted molar refractivity (Wildman–Crippen MR) is 149 cm³/mol. The van der Waals surface area contributed by atoms with Crippen LogP contribution in [0.1, 0.15) is 60.1 Å². The highest BCUT2D eigenvalue weighted by atomic mass is 35.5. The summed E-state index contributed by atoms with van der Waals surface area (Å²) in [7, 11) is 1.60. The quantitative estimate of drug-likeness (QED) is 0.382. The Balaban J connectivity index is 1.25. The van der Waals surface area contributed by atoms with Crippen molar-refractivity contribution < 1.29 is 19.4 Å². The van der Waals surface area contributed by atoms with E-state index in [0.29, 0.717) is 34.3 Å². The summed E-state index contributed by atoms with van der Waals surface area (Å²) in [4.78, 5) is 36.5. The summed E-state index contributed by atoms with van der Waals surface area (Å²) in [6.07, 6.45) is 4.50. The molecule has 1 aliphatic carbocycles. The first-order valence-electron chi connectivity index (χ1n) is 13.1. The number of rotatable bonds is 8. The molecule has 10 heteroatoms. The molecule has 1 saturated carbocycles. The molecule has 2 heterocycles. The monoisotopic (exact) mass is 549 g/mol. The van der Waals surface area contributed by atoms with Gasteiger partial charge in [-0.2, -0.15) is 0 Å². The van der Waals surface area contributed by atoms with Crippen molar-refractivity contribution in [2.24, 2.45) is 0 Å². The Kier molecular flexibility index (Phi) is 7.99. The van der Waals surface area contributed by atoms with Crippen molar-refractivity contribution >= 4 is 29.4 Å². The molecule has 204 valence electrons. The molecule has 0 radical (unpaired) electrons. The van der Waals surface area contributed by atoms with Crippen LogP contribution in [0.3, 0.4) is 0 Å². The topological polar surface area (TPSA) is 117 Å². The zero-order valence-electron chi connectivity index (χ0n) is 22.0. The van der Waals surface area contributed by atoms with E-state index in [1.807, 2.05) is 43.3 Å². The molecule has 1 aromatic heterocycles. The average Bonchev–Trinajstić information content (AvgIpc) is 3.25. The number of carbonyl (C=O) groups is 2. The van der Waals surface area contributed by atoms with Crippen molar-refractivity contribution in [2.45, 2.75) is 57.3 Å². The lowest BCUT2D eigenvalue weighted by atomic mass is 9.93. The largest absolute Gasteiger partial charge is 0.497 e. The van der Waals surface area contributed by atoms with Gasteiger partial charge in [-0.25, -0.2) is 9.97 Å². The van der Waals surface area contributed by atoms with Crippen molar-refractivity contribution in [2.75, 3.05) is 19.0 Å². The first-order chi connectivity index (χ1) is 18.8. The van der Waals surface area contributed by atoms with Gasteiger partial charge in [0, 0.05) is 23.7 Å². The first kappa shape index (κ1) is 26.9. The Morgan fingerprint density at radius 3 is 2.77 bits per heavy atom. The van der Waals surface area contributed by atoms with Gasteiger partial charge in [-0.1, -0.05) is 35.9 Å². The van der Waals surface area contributed by atoms with Gasteiger partial charge < -0.3 is 25.4 Å². The van der Waals surface area contributed by atoms with Crippen LogP contribution in [0.15, 0.2) is 48.7 Å². The fraction of sp³-hybridized carbons (Fsp3) is 0.379. The van der Waals surface area contributed by atoms with E-state index < -0.39 is 0 Å². The van der Waals surface area contributed by atoms with Gasteiger partial charge in [0.05, 0.1) is 36.2 Å². The Hall–Kier alpha value is -3.69. The standard InChI is InChI=1S/C29H32ClN5O4/c1-17(18-4-3-5-23(12-18)39-2)32-26(37)16-35-15-20-7-6-19(13-24(20)28(35)38)27-25(30)14-31-29(34-27)33-21-8-10-22(36)11-9-21/h3-7,12-14,17,21-22,36H,8-11,15-16H2,1-2H3,(H,32,37)(H,31,33,34)/t17-,21-,22-/m1/s1. The summed E-state index contributed by atoms with van der Waals surface area (Å²) in [6, 6.07) is 13.0. The maximum absolute atomic E-state index is 13.2. The zero-order chi connectivity index (χ0) is 27.5. The lowest BCUT2D eigenvalue weighted by Gasteiger charge is -2.26. The summed E-state index contributed by atoms with van der Waals surface area (Å²) in [5.41, 5.74) is 3.53. The van der Waals surface area contributed by atoms with E-state index in [4.69, 9.17) is 16.3 Å². The van der Waals surface area contributed by atoms with Gasteiger partial charge in [0.15, 0.2) is 0 Å². The zero-order valence-corrected chi connectivity index (χ0v) is 22.7. The molecule has 1 aliphatic heterocycles. The molecule has 3 aromatic rings. The van der Waals surface area contributed by atoms with Crippen molar-refractivity contribution in [1.29, 1.82) is 0 Å². The van der Waals surface area contributed by atoms with Gasteiger partial charge in [0.2, 0.25) is 11.9 Å². The third-order valence-corrected chi connectivity index (χ3v) is 7.62. The van der Waals surface area contributed by atoms with E-state index in [1.165, 1.54) is 4.90 Å². The number of aliphatic hydroxyl groups excluding tert-OH is 1. The number of methoxy groups -OCH3 is 1. The van der Waals surface area contributed by atoms with Crippen LogP contribution in [0, 0.1) is 0 Å². The van der Waals surface area contributed by atoms with Crippen LogP contribution in [0.4, 0.5) is 5.95 Å². The van der Waals surface area contributed by atoms with Crippen LogP contribution in [-0.4, -0.2) is 57.6 Å². The third kappa shape index (κ3) is 6.15. The molecule has 39 heavy (non-hydrogen) atoms. The van der Waals surface area contributed by atoms with Crippen LogP contribution in [0.2, 0.25) is 5.02 Å². The second-order valence-corrected chi connectivity index (χ2v) is 10.5. The number of aromatic nitrogens is 2. The van der Waals surface area contributed by atoms with Crippen molar-refractivity contribution in [1.82, 2.24) is 20.2 Å². The molecule has 0 spiro atoms. The number of carbonyl (C=O) groups excluding carboxylic acids is 2. The second-order valence-electron chi connectivity index (χ2n) is 10.1. The molecule has 5 rings (SSSR count). The lowest BCUT2D eigenvalue weighted by molar-refractivity contribution is -0.122. The van der Waals surface area contributed by atoms with Gasteiger partial charge in [0.1, 0.15) is 12.3 Å². The number of nitrogens with one attached hydrogen (secondary N) is 2. The van der Waals surface area contributed by atoms with E-state index in [2.05, 4.69) is 20.6 Å². The van der Waals surface area contributed by atoms with Crippen LogP contribution in [0.25, 0.3) is 11.3 Å². The van der Waals surface area contributed by atoms with Crippen LogP contribution in [-0.2, 0) is 11.3 Å². The number of hydrogen-bond donors (Lipinski definition) is 3. The normalized spacial score (nSPS) is 19.4. The van der Waals surface area contributed by atoms with Gasteiger partial charge >= 0.3 is 0 Å². The number of aliphatic hydroxyl groups is 1. The molecule has 2 amide bonds. The molecular weight excluding hydrogens is 518 g/mol. The fourth-order valence-corrected chi connectivity index (χ4v) is 5.33. The first-order valence-corrected chi connectivity index (χ1v) is 13.5. The summed E-state index contributed by atoms with van der Waals surface area (Å²) < 4.78 is 5.27. The van der Waals surface area contributed by atoms with Crippen LogP contribution in [0.5, 0.6) is 5.75 Å². The molecule has 2 aromatic carbocycles. The van der Waals surface area contributed by atoms with Crippen molar-refractivity contribution in [3.63, 3.8) is 0 Å². The number of hydrogen-bond acceptors (Lipinski definition) is 7. The second kappa shape index (κ2) is 11.6. The Morgan fingerprint density at radius 1 is 1.21 bits per heavy atom. The maximum atomic E-state index is 13.2. The number of ether oxygens (including phenoxy) is 1. The average molecular weight is 550 g/mol. The minimum absolute atomic E-state index is 0.0461. The highest BCUT2D eigenvalue weighted by Crippen LogP contribution is 2.32. The number of benzene rings is 2. The van der Waals surface area contributed by atoms with Crippen molar-refractivity contribution in [3.8, 4) is 17.0 Å². The third-order valence-electron chi connectivity index (χ3n) is 7.34. The number of halogens is 1. The molecule has 0 bridgehead atoms. The van der Waals surface area contributed by atoms with E-state index in [-0.39, 0.29) is 36.5 Å². The van der Waals surface area contributed by atoms with E-state index >= 15 is 0 Å². The van der Waals surface area contributed by atoms with Gasteiger partial charge in [-0.15, -0.1) is 0 Å². The molecule has 3 N–H and O–H groups in total. The number of fused-ring (bicyclic) bond motifs is 1. The SMILES string of the molecule is COc1cccc([C@@H](C)NC(=O)CN2Cc3ccc(-c4nc(N[C@H]5CC[C@H](O)CC5)ncc4Cl)cc3C2=O)c1. The van der Waals surface area contributed by atoms with Crippen LogP contribution < -0.4 is 15.4 Å². The predicted octanol–water partition coefficient (Wildman–Crippen LogP) is 4.35. The Bertz CT molecular complexity index is 1380. The number of nitrogens with zero attached hydrogens (tertiary/aromatic N) is 3. The van der Waals surface area contributed by atoms with Crippen LogP contribution >= 0.6 is 11.6 Å². The number of anilines is 1. The molecule has 1 fully saturated rings. The smallest absolute Gasteiger partial charge is 0.254 e. The fourth-order valence-electron chi connectivity index (χ4n) is 5.13. The number of amides is 2. The van der Waals surface area contributed by atoms with E-state index in [1.54, 1.807) is 19.4 Å². The minimum Gasteiger partial charge on any atom is -0.497 e. The Labute approximate surface area is 232 Å². The molecule has 0 unspecified atom stereocenters. The molecular formula is C29H32ClN5O4. The van der Waals surface area contributed by atoms with Gasteiger partial charge in [0.25, 0.3) is 5.91 Å². The molecule has 1 atom stereocenters. The summed E-state index contributed by atoms with van der Waals surface area (Å²) in [6.45, 7) is 2.20. The van der Waals surface area contributed by atoms with E-state index in [0.717, 1.165) is 42.6 Å². The van der Waals surface area contributed by atoms with Gasteiger partial charge in [-0.05, 0) is 61.9 Å². The van der Waals surface area contributed by atoms with Gasteiger partial charge in [-0.3, -0.25) is 9.59 Å². The van der Waals surface area contributed by atoms with Crippen molar-refractivity contribution in [3.05, 3.63) is 70.4 Å². The summed E-state index contributed by atoms with van der Waals surface area (Å²) in [5.74, 6) is 0.734. The molecule has 2 aliphatic rings. The lowest BCUT2D eigenvalue weighted by Crippen LogP contribution is -2.38. The van der Waals surface area contributed by atoms with E-state index in [9.17, 15) is 14.7 Å². The Morgan fingerprint density at radius 2 is 2.00 bits per heavy atom. The summed E-state index contributed by atoms with van der Waals surface area (Å²) >= 11 is 6.45. The minimum atomic E-state index is -0.240. The molecule has 0 saturated heterocycles. The highest BCUT2D eigenvalue weighted by Gasteiger charge is 2.30.